The Balaban J connectivity index is 1.84. The number of aromatic amines is 1. The third kappa shape index (κ3) is 4.35. The number of aromatic nitrogens is 1. The predicted molar refractivity (Wildman–Crippen MR) is 77.9 cm³/mol. The number of nitrogens with one attached hydrogen (secondary N) is 1. The molecule has 0 bridgehead atoms. The minimum absolute atomic E-state index is 0.0959. The first-order valence-electron chi connectivity index (χ1n) is 7.40. The molecule has 5 nitrogen and oxygen atoms in total. The smallest absolute Gasteiger partial charge is 0.223 e. The topological polar surface area (TPSA) is 77.3 Å². The summed E-state index contributed by atoms with van der Waals surface area (Å²) in [6.45, 7) is 3.00. The Kier molecular flexibility index (Phi) is 5.61. The van der Waals surface area contributed by atoms with Crippen LogP contribution in [0.4, 0.5) is 0 Å². The van der Waals surface area contributed by atoms with E-state index in [1.807, 2.05) is 6.92 Å². The number of pyridine rings is 1. The van der Waals surface area contributed by atoms with Gasteiger partial charge in [0.15, 0.2) is 5.75 Å². The van der Waals surface area contributed by atoms with Gasteiger partial charge in [-0.3, -0.25) is 4.79 Å². The van der Waals surface area contributed by atoms with Gasteiger partial charge in [0.25, 0.3) is 0 Å². The Hall–Kier alpha value is -1.33. The average Bonchev–Trinajstić information content (AvgIpc) is 2.46. The minimum atomic E-state index is -0.0959. The van der Waals surface area contributed by atoms with Gasteiger partial charge in [0.05, 0.1) is 19.3 Å². The lowest BCUT2D eigenvalue weighted by atomic mass is 9.94. The van der Waals surface area contributed by atoms with Crippen LogP contribution in [0.1, 0.15) is 44.7 Å². The van der Waals surface area contributed by atoms with Crippen LogP contribution < -0.4 is 15.9 Å². The van der Waals surface area contributed by atoms with Gasteiger partial charge in [0, 0.05) is 24.0 Å². The van der Waals surface area contributed by atoms with Crippen LogP contribution in [0.25, 0.3) is 0 Å². The highest BCUT2D eigenvalue weighted by atomic mass is 16.5. The summed E-state index contributed by atoms with van der Waals surface area (Å²) >= 11 is 0. The van der Waals surface area contributed by atoms with E-state index in [9.17, 15) is 4.79 Å². The molecule has 0 spiro atoms. The Morgan fingerprint density at radius 2 is 2.10 bits per heavy atom. The first-order chi connectivity index (χ1) is 9.69. The summed E-state index contributed by atoms with van der Waals surface area (Å²) in [6.07, 6.45) is 6.80. The maximum atomic E-state index is 11.8. The molecule has 1 aromatic rings. The van der Waals surface area contributed by atoms with E-state index in [-0.39, 0.29) is 11.5 Å². The van der Waals surface area contributed by atoms with E-state index in [0.717, 1.165) is 37.8 Å². The molecule has 5 heteroatoms. The van der Waals surface area contributed by atoms with E-state index in [0.29, 0.717) is 25.0 Å². The van der Waals surface area contributed by atoms with Crippen LogP contribution in [0.5, 0.6) is 5.75 Å². The lowest BCUT2D eigenvalue weighted by Gasteiger charge is -2.26. The summed E-state index contributed by atoms with van der Waals surface area (Å²) in [5, 5.41) is 0. The molecule has 2 rings (SSSR count). The number of rotatable bonds is 6. The fraction of sp³-hybridized carbons (Fsp3) is 0.667. The molecular formula is C15H24N2O3. The van der Waals surface area contributed by atoms with Gasteiger partial charge in [-0.1, -0.05) is 6.92 Å². The van der Waals surface area contributed by atoms with Crippen molar-refractivity contribution < 1.29 is 9.47 Å². The molecule has 0 unspecified atom stereocenters. The lowest BCUT2D eigenvalue weighted by molar-refractivity contribution is 0.0122. The van der Waals surface area contributed by atoms with Crippen molar-refractivity contribution in [1.82, 2.24) is 4.98 Å². The SMILES string of the molecule is CCCOc1c[nH]c(COC2CCC(N)CC2)cc1=O. The van der Waals surface area contributed by atoms with Crippen LogP contribution in [-0.2, 0) is 11.3 Å². The van der Waals surface area contributed by atoms with E-state index in [4.69, 9.17) is 15.2 Å². The van der Waals surface area contributed by atoms with Crippen LogP contribution in [-0.4, -0.2) is 23.7 Å². The number of nitrogens with two attached hydrogens (primary N) is 1. The largest absolute Gasteiger partial charge is 0.488 e. The van der Waals surface area contributed by atoms with Crippen LogP contribution in [0.3, 0.4) is 0 Å². The van der Waals surface area contributed by atoms with Gasteiger partial charge in [0.2, 0.25) is 5.43 Å². The molecule has 1 aromatic heterocycles. The molecular weight excluding hydrogens is 256 g/mol. The van der Waals surface area contributed by atoms with Gasteiger partial charge in [0.1, 0.15) is 0 Å². The zero-order valence-corrected chi connectivity index (χ0v) is 12.1. The van der Waals surface area contributed by atoms with Crippen molar-refractivity contribution in [2.24, 2.45) is 5.73 Å². The minimum Gasteiger partial charge on any atom is -0.488 e. The normalized spacial score (nSPS) is 22.7. The molecule has 1 aliphatic carbocycles. The van der Waals surface area contributed by atoms with E-state index in [2.05, 4.69) is 4.98 Å². The molecule has 0 atom stereocenters. The third-order valence-corrected chi connectivity index (χ3v) is 3.59. The van der Waals surface area contributed by atoms with Crippen LogP contribution in [0.2, 0.25) is 0 Å². The second-order valence-corrected chi connectivity index (χ2v) is 5.38. The van der Waals surface area contributed by atoms with E-state index in [1.54, 1.807) is 12.3 Å². The summed E-state index contributed by atoms with van der Waals surface area (Å²) < 4.78 is 11.2. The molecule has 112 valence electrons. The first kappa shape index (κ1) is 15.1. The zero-order valence-electron chi connectivity index (χ0n) is 12.1. The summed E-state index contributed by atoms with van der Waals surface area (Å²) in [5.74, 6) is 0.374. The molecule has 1 heterocycles. The first-order valence-corrected chi connectivity index (χ1v) is 7.40. The Bertz CT molecular complexity index is 464. The molecule has 0 radical (unpaired) electrons. The summed E-state index contributed by atoms with van der Waals surface area (Å²) in [7, 11) is 0. The fourth-order valence-electron chi connectivity index (χ4n) is 2.37. The highest BCUT2D eigenvalue weighted by Gasteiger charge is 2.18. The third-order valence-electron chi connectivity index (χ3n) is 3.59. The molecule has 1 fully saturated rings. The van der Waals surface area contributed by atoms with Crippen molar-refractivity contribution in [3.8, 4) is 5.75 Å². The molecule has 20 heavy (non-hydrogen) atoms. The highest BCUT2D eigenvalue weighted by Crippen LogP contribution is 2.20. The standard InChI is InChI=1S/C15H24N2O3/c1-2-7-19-15-9-17-12(8-14(15)18)10-20-13-5-3-11(16)4-6-13/h8-9,11,13H,2-7,10,16H2,1H3,(H,17,18). The quantitative estimate of drug-likeness (QED) is 0.835. The summed E-state index contributed by atoms with van der Waals surface area (Å²) in [4.78, 5) is 14.9. The van der Waals surface area contributed by atoms with Crippen molar-refractivity contribution in [2.75, 3.05) is 6.61 Å². The molecule has 0 aromatic carbocycles. The molecule has 1 aliphatic rings. The average molecular weight is 280 g/mol. The van der Waals surface area contributed by atoms with E-state index >= 15 is 0 Å². The highest BCUT2D eigenvalue weighted by molar-refractivity contribution is 5.20. The van der Waals surface area contributed by atoms with Gasteiger partial charge < -0.3 is 20.2 Å². The van der Waals surface area contributed by atoms with Crippen molar-refractivity contribution in [3.05, 3.63) is 28.2 Å². The molecule has 3 N–H and O–H groups in total. The Morgan fingerprint density at radius 1 is 1.35 bits per heavy atom. The maximum Gasteiger partial charge on any atom is 0.223 e. The maximum absolute atomic E-state index is 11.8. The van der Waals surface area contributed by atoms with Crippen molar-refractivity contribution in [3.63, 3.8) is 0 Å². The molecule has 0 aliphatic heterocycles. The number of ether oxygens (including phenoxy) is 2. The number of hydrogen-bond donors (Lipinski definition) is 2. The van der Waals surface area contributed by atoms with E-state index in [1.165, 1.54) is 0 Å². The molecule has 1 saturated carbocycles. The van der Waals surface area contributed by atoms with Crippen LogP contribution in [0.15, 0.2) is 17.1 Å². The van der Waals surface area contributed by atoms with Gasteiger partial charge in [-0.05, 0) is 32.1 Å². The van der Waals surface area contributed by atoms with Crippen LogP contribution >= 0.6 is 0 Å². The fourth-order valence-corrected chi connectivity index (χ4v) is 2.37. The van der Waals surface area contributed by atoms with E-state index < -0.39 is 0 Å². The van der Waals surface area contributed by atoms with Crippen molar-refractivity contribution >= 4 is 0 Å². The number of H-pyrrole nitrogens is 1. The summed E-state index contributed by atoms with van der Waals surface area (Å²) in [5.41, 5.74) is 6.55. The van der Waals surface area contributed by atoms with Crippen molar-refractivity contribution in [1.29, 1.82) is 0 Å². The molecule has 0 amide bonds. The second-order valence-electron chi connectivity index (χ2n) is 5.38. The monoisotopic (exact) mass is 280 g/mol. The second kappa shape index (κ2) is 7.45. The number of hydrogen-bond acceptors (Lipinski definition) is 4. The lowest BCUT2D eigenvalue weighted by Crippen LogP contribution is -2.30. The predicted octanol–water partition coefficient (Wildman–Crippen LogP) is 1.95. The Labute approximate surface area is 119 Å². The van der Waals surface area contributed by atoms with Gasteiger partial charge >= 0.3 is 0 Å². The van der Waals surface area contributed by atoms with Gasteiger partial charge in [-0.25, -0.2) is 0 Å². The zero-order chi connectivity index (χ0) is 14.4. The molecule has 0 saturated heterocycles. The van der Waals surface area contributed by atoms with Gasteiger partial charge in [-0.2, -0.15) is 0 Å². The van der Waals surface area contributed by atoms with Crippen molar-refractivity contribution in [2.45, 2.75) is 57.8 Å². The van der Waals surface area contributed by atoms with Gasteiger partial charge in [-0.15, -0.1) is 0 Å². The van der Waals surface area contributed by atoms with Crippen LogP contribution in [0, 0.1) is 0 Å². The summed E-state index contributed by atoms with van der Waals surface area (Å²) in [6, 6.07) is 1.88. The Morgan fingerprint density at radius 3 is 2.75 bits per heavy atom.